The lowest BCUT2D eigenvalue weighted by Crippen LogP contribution is -2.31. The molecule has 0 aromatic carbocycles. The molecule has 0 aromatic rings. The normalized spacial score (nSPS) is 17.2. The maximum Gasteiger partial charge on any atom is 0.233 e. The maximum absolute atomic E-state index is 10.1. The molecule has 1 aliphatic rings. The van der Waals surface area contributed by atoms with E-state index < -0.39 is 0 Å². The highest BCUT2D eigenvalue weighted by Crippen LogP contribution is 2.10. The molecule has 0 spiro atoms. The van der Waals surface area contributed by atoms with Crippen LogP contribution in [0, 0.1) is 0 Å². The van der Waals surface area contributed by atoms with Crippen LogP contribution in [0.5, 0.6) is 0 Å². The van der Waals surface area contributed by atoms with Crippen LogP contribution in [-0.2, 0) is 4.79 Å². The second-order valence-corrected chi connectivity index (χ2v) is 2.26. The average molecular weight is 180 g/mol. The fourth-order valence-electron chi connectivity index (χ4n) is 0.413. The van der Waals surface area contributed by atoms with E-state index in [1.165, 1.54) is 6.20 Å². The van der Waals surface area contributed by atoms with Gasteiger partial charge in [0.15, 0.2) is 5.17 Å². The van der Waals surface area contributed by atoms with Crippen LogP contribution in [0.2, 0.25) is 0 Å². The Morgan fingerprint density at radius 3 is 2.90 bits per heavy atom. The van der Waals surface area contributed by atoms with Crippen molar-refractivity contribution in [2.24, 2.45) is 5.10 Å². The van der Waals surface area contributed by atoms with Gasteiger partial charge in [-0.05, 0) is 0 Å². The van der Waals surface area contributed by atoms with Crippen molar-refractivity contribution in [3.8, 4) is 0 Å². The van der Waals surface area contributed by atoms with E-state index in [9.17, 15) is 4.79 Å². The number of rotatable bonds is 1. The second-order valence-electron chi connectivity index (χ2n) is 1.49. The Labute approximate surface area is 67.1 Å². The van der Waals surface area contributed by atoms with E-state index in [2.05, 4.69) is 10.6 Å². The molecule has 54 valence electrons. The van der Waals surface area contributed by atoms with Gasteiger partial charge in [-0.25, -0.2) is 10.5 Å². The fraction of sp³-hybridized carbons (Fsp3) is 0. The number of halogens is 2. The predicted octanol–water partition coefficient (Wildman–Crippen LogP) is 0.595. The quantitative estimate of drug-likeness (QED) is 0.600. The van der Waals surface area contributed by atoms with E-state index >= 15 is 0 Å². The summed E-state index contributed by atoms with van der Waals surface area (Å²) in [6.07, 6.45) is 1.85. The summed E-state index contributed by atoms with van der Waals surface area (Å²) in [4.78, 5) is 10.1. The van der Waals surface area contributed by atoms with E-state index in [1.54, 1.807) is 0 Å². The van der Waals surface area contributed by atoms with E-state index in [4.69, 9.17) is 23.2 Å². The standard InChI is InChI=1S/C4H3Cl2N3O/c5-3-1-9(2-10)8-7-4(3)6/h1-2,8H. The third kappa shape index (κ3) is 1.40. The number of hydrazine groups is 1. The van der Waals surface area contributed by atoms with E-state index in [-0.39, 0.29) is 10.2 Å². The predicted molar refractivity (Wildman–Crippen MR) is 38.3 cm³/mol. The molecule has 4 nitrogen and oxygen atoms in total. The summed E-state index contributed by atoms with van der Waals surface area (Å²) in [7, 11) is 0. The van der Waals surface area contributed by atoms with Crippen LogP contribution < -0.4 is 5.53 Å². The third-order valence-corrected chi connectivity index (χ3v) is 1.49. The number of hydrazone groups is 1. The summed E-state index contributed by atoms with van der Waals surface area (Å²) in [6.45, 7) is 0. The van der Waals surface area contributed by atoms with Gasteiger partial charge < -0.3 is 0 Å². The molecule has 0 aromatic heterocycles. The van der Waals surface area contributed by atoms with Gasteiger partial charge >= 0.3 is 0 Å². The Kier molecular flexibility index (Phi) is 2.13. The van der Waals surface area contributed by atoms with Gasteiger partial charge in [0.25, 0.3) is 0 Å². The lowest BCUT2D eigenvalue weighted by atomic mass is 10.6. The number of allylic oxidation sites excluding steroid dienone is 1. The summed E-state index contributed by atoms with van der Waals surface area (Å²) >= 11 is 10.9. The molecule has 10 heavy (non-hydrogen) atoms. The first-order chi connectivity index (χ1) is 4.74. The van der Waals surface area contributed by atoms with Gasteiger partial charge in [0.05, 0.1) is 11.2 Å². The monoisotopic (exact) mass is 179 g/mol. The smallest absolute Gasteiger partial charge is 0.233 e. The molecule has 1 N–H and O–H groups in total. The molecule has 1 amide bonds. The summed E-state index contributed by atoms with van der Waals surface area (Å²) in [5.41, 5.74) is 2.31. The van der Waals surface area contributed by atoms with Crippen LogP contribution in [-0.4, -0.2) is 16.6 Å². The molecular formula is C4H3Cl2N3O. The Morgan fingerprint density at radius 2 is 2.40 bits per heavy atom. The van der Waals surface area contributed by atoms with Crippen LogP contribution in [0.1, 0.15) is 0 Å². The molecule has 0 bridgehead atoms. The highest BCUT2D eigenvalue weighted by molar-refractivity contribution is 6.75. The van der Waals surface area contributed by atoms with Gasteiger partial charge in [0.1, 0.15) is 0 Å². The number of nitrogens with one attached hydrogen (secondary N) is 1. The molecular weight excluding hydrogens is 177 g/mol. The Hall–Kier alpha value is -0.740. The van der Waals surface area contributed by atoms with E-state index in [1.807, 2.05) is 0 Å². The summed E-state index contributed by atoms with van der Waals surface area (Å²) in [5, 5.41) is 4.91. The minimum Gasteiger partial charge on any atom is -0.276 e. The number of carbonyl (C=O) groups is 1. The van der Waals surface area contributed by atoms with Gasteiger partial charge in [0, 0.05) is 0 Å². The molecule has 6 heteroatoms. The van der Waals surface area contributed by atoms with Crippen molar-refractivity contribution < 1.29 is 4.79 Å². The molecule has 0 atom stereocenters. The van der Waals surface area contributed by atoms with Crippen molar-refractivity contribution >= 4 is 34.8 Å². The van der Waals surface area contributed by atoms with Crippen LogP contribution in [0.15, 0.2) is 16.3 Å². The van der Waals surface area contributed by atoms with Crippen LogP contribution in [0.25, 0.3) is 0 Å². The lowest BCUT2D eigenvalue weighted by molar-refractivity contribution is -0.118. The number of nitrogens with zero attached hydrogens (tertiary/aromatic N) is 2. The Bertz CT molecular complexity index is 213. The van der Waals surface area contributed by atoms with Gasteiger partial charge in [-0.1, -0.05) is 23.2 Å². The molecule has 1 heterocycles. The molecule has 1 rings (SSSR count). The number of hydrogen-bond acceptors (Lipinski definition) is 3. The summed E-state index contributed by atoms with van der Waals surface area (Å²) in [5.74, 6) is 0. The van der Waals surface area contributed by atoms with Crippen molar-refractivity contribution in [2.75, 3.05) is 0 Å². The topological polar surface area (TPSA) is 44.7 Å². The zero-order valence-electron chi connectivity index (χ0n) is 4.71. The van der Waals surface area contributed by atoms with Crippen molar-refractivity contribution in [3.63, 3.8) is 0 Å². The van der Waals surface area contributed by atoms with E-state index in [0.29, 0.717) is 6.41 Å². The molecule has 1 aliphatic heterocycles. The minimum atomic E-state index is 0.139. The minimum absolute atomic E-state index is 0.139. The SMILES string of the molecule is O=CN1C=C(Cl)C(Cl)=NN1. The largest absolute Gasteiger partial charge is 0.276 e. The zero-order chi connectivity index (χ0) is 7.56. The Balaban J connectivity index is 2.75. The van der Waals surface area contributed by atoms with Crippen molar-refractivity contribution in [1.29, 1.82) is 0 Å². The van der Waals surface area contributed by atoms with Crippen LogP contribution in [0.4, 0.5) is 0 Å². The Morgan fingerprint density at radius 1 is 1.70 bits per heavy atom. The van der Waals surface area contributed by atoms with Crippen molar-refractivity contribution in [2.45, 2.75) is 0 Å². The highest BCUT2D eigenvalue weighted by atomic mass is 35.5. The first-order valence-corrected chi connectivity index (χ1v) is 3.10. The molecule has 0 saturated heterocycles. The highest BCUT2D eigenvalue weighted by Gasteiger charge is 2.08. The third-order valence-electron chi connectivity index (χ3n) is 0.827. The maximum atomic E-state index is 10.1. The zero-order valence-corrected chi connectivity index (χ0v) is 6.23. The average Bonchev–Trinajstić information content (AvgIpc) is 1.95. The molecule has 0 unspecified atom stereocenters. The van der Waals surface area contributed by atoms with Gasteiger partial charge in [0.2, 0.25) is 6.41 Å². The van der Waals surface area contributed by atoms with Crippen LogP contribution in [0.3, 0.4) is 0 Å². The second kappa shape index (κ2) is 2.90. The molecule has 0 radical (unpaired) electrons. The van der Waals surface area contributed by atoms with E-state index in [0.717, 1.165) is 5.01 Å². The van der Waals surface area contributed by atoms with Gasteiger partial charge in [-0.15, -0.1) is 5.10 Å². The van der Waals surface area contributed by atoms with Crippen molar-refractivity contribution in [1.82, 2.24) is 10.5 Å². The van der Waals surface area contributed by atoms with Gasteiger partial charge in [-0.3, -0.25) is 4.79 Å². The number of hydrogen-bond donors (Lipinski definition) is 1. The van der Waals surface area contributed by atoms with Crippen molar-refractivity contribution in [3.05, 3.63) is 11.2 Å². The van der Waals surface area contributed by atoms with Gasteiger partial charge in [-0.2, -0.15) is 0 Å². The summed E-state index contributed by atoms with van der Waals surface area (Å²) in [6, 6.07) is 0. The first-order valence-electron chi connectivity index (χ1n) is 2.34. The molecule has 0 fully saturated rings. The summed E-state index contributed by atoms with van der Waals surface area (Å²) < 4.78 is 0. The first kappa shape index (κ1) is 7.37. The lowest BCUT2D eigenvalue weighted by Gasteiger charge is -2.15. The fourth-order valence-corrected chi connectivity index (χ4v) is 0.647. The number of amides is 1. The van der Waals surface area contributed by atoms with Crippen LogP contribution >= 0.6 is 23.2 Å². The molecule has 0 aliphatic carbocycles. The number of carbonyl (C=O) groups excluding carboxylic acids is 1. The molecule has 0 saturated carbocycles.